The largest absolute Gasteiger partial charge is 0.272 e. The van der Waals surface area contributed by atoms with Gasteiger partial charge in [0.1, 0.15) is 0 Å². The number of aromatic nitrogens is 1. The lowest BCUT2D eigenvalue weighted by Crippen LogP contribution is -2.19. The number of amides is 1. The number of carbonyl (C=O) groups is 1. The first-order chi connectivity index (χ1) is 11.2. The minimum absolute atomic E-state index is 0.150. The summed E-state index contributed by atoms with van der Waals surface area (Å²) in [4.78, 5) is 16.3. The number of fused-ring (bicyclic) bond motifs is 1. The fraction of sp³-hybridized carbons (Fsp3) is 0.0625. The van der Waals surface area contributed by atoms with Gasteiger partial charge in [0.25, 0.3) is 5.91 Å². The van der Waals surface area contributed by atoms with Gasteiger partial charge in [-0.1, -0.05) is 52.0 Å². The fourth-order valence-electron chi connectivity index (χ4n) is 1.80. The third-order valence-corrected chi connectivity index (χ3v) is 5.58. The number of carbonyl (C=O) groups excluding carboxylic acids is 1. The van der Waals surface area contributed by atoms with E-state index in [1.165, 1.54) is 11.8 Å². The van der Waals surface area contributed by atoms with Crippen LogP contribution in [0.3, 0.4) is 0 Å². The highest BCUT2D eigenvalue weighted by Crippen LogP contribution is 2.28. The number of hydrogen-bond acceptors (Lipinski definition) is 5. The predicted molar refractivity (Wildman–Crippen MR) is 100 cm³/mol. The average Bonchev–Trinajstić information content (AvgIpc) is 2.98. The topological polar surface area (TPSA) is 54.4 Å². The summed E-state index contributed by atoms with van der Waals surface area (Å²) in [6.07, 6.45) is 1.62. The second-order valence-corrected chi connectivity index (χ2v) is 7.75. The van der Waals surface area contributed by atoms with Crippen LogP contribution in [0.4, 0.5) is 0 Å². The van der Waals surface area contributed by atoms with E-state index in [1.54, 1.807) is 17.6 Å². The van der Waals surface area contributed by atoms with Crippen LogP contribution in [-0.2, 0) is 4.79 Å². The number of thiazole rings is 1. The Kier molecular flexibility index (Phi) is 5.43. The van der Waals surface area contributed by atoms with E-state index >= 15 is 0 Å². The lowest BCUT2D eigenvalue weighted by molar-refractivity contribution is -0.118. The quantitative estimate of drug-likeness (QED) is 0.391. The number of para-hydroxylation sites is 1. The lowest BCUT2D eigenvalue weighted by Gasteiger charge is -1.98. The number of halogens is 1. The molecule has 0 atom stereocenters. The summed E-state index contributed by atoms with van der Waals surface area (Å²) >= 11 is 6.38. The number of hydrazone groups is 1. The van der Waals surface area contributed by atoms with Gasteiger partial charge < -0.3 is 0 Å². The van der Waals surface area contributed by atoms with Crippen LogP contribution in [-0.4, -0.2) is 22.9 Å². The monoisotopic (exact) mass is 405 g/mol. The van der Waals surface area contributed by atoms with E-state index in [1.807, 2.05) is 48.5 Å². The molecule has 1 heterocycles. The molecule has 0 aliphatic heterocycles. The summed E-state index contributed by atoms with van der Waals surface area (Å²) in [5.41, 5.74) is 4.41. The molecule has 0 radical (unpaired) electrons. The molecule has 0 fully saturated rings. The van der Waals surface area contributed by atoms with E-state index in [4.69, 9.17) is 0 Å². The van der Waals surface area contributed by atoms with E-state index in [9.17, 15) is 4.79 Å². The van der Waals surface area contributed by atoms with Crippen molar-refractivity contribution in [3.8, 4) is 0 Å². The maximum absolute atomic E-state index is 11.8. The zero-order chi connectivity index (χ0) is 16.1. The Hall–Kier alpha value is -1.70. The van der Waals surface area contributed by atoms with Crippen molar-refractivity contribution in [1.82, 2.24) is 10.4 Å². The summed E-state index contributed by atoms with van der Waals surface area (Å²) in [5.74, 6) is 0.139. The third-order valence-electron chi connectivity index (χ3n) is 2.87. The molecule has 3 aromatic rings. The van der Waals surface area contributed by atoms with E-state index in [0.29, 0.717) is 0 Å². The molecule has 0 saturated carbocycles. The highest BCUT2D eigenvalue weighted by atomic mass is 79.9. The molecule has 7 heteroatoms. The first kappa shape index (κ1) is 16.2. The summed E-state index contributed by atoms with van der Waals surface area (Å²) in [7, 11) is 0. The Bertz CT molecular complexity index is 813. The molecule has 0 bridgehead atoms. The molecule has 0 aliphatic carbocycles. The molecule has 2 aromatic carbocycles. The molecule has 0 unspecified atom stereocenters. The van der Waals surface area contributed by atoms with Crippen LogP contribution in [0.2, 0.25) is 0 Å². The Labute approximate surface area is 150 Å². The predicted octanol–water partition coefficient (Wildman–Crippen LogP) is 4.30. The summed E-state index contributed by atoms with van der Waals surface area (Å²) in [5, 5.41) is 3.96. The molecule has 0 saturated heterocycles. The van der Waals surface area contributed by atoms with Crippen molar-refractivity contribution < 1.29 is 4.79 Å². The van der Waals surface area contributed by atoms with E-state index in [0.717, 1.165) is 24.6 Å². The van der Waals surface area contributed by atoms with Crippen molar-refractivity contribution in [2.24, 2.45) is 5.10 Å². The standard InChI is InChI=1S/C16H12BrN3OS2/c17-12-7-5-11(6-8-12)9-18-20-15(21)10-22-16-19-13-3-1-2-4-14(13)23-16/h1-9H,10H2,(H,20,21)/b18-9+. The second-order valence-electron chi connectivity index (χ2n) is 4.58. The maximum Gasteiger partial charge on any atom is 0.250 e. The van der Waals surface area contributed by atoms with Crippen molar-refractivity contribution in [1.29, 1.82) is 0 Å². The summed E-state index contributed by atoms with van der Waals surface area (Å²) < 4.78 is 3.02. The molecule has 1 N–H and O–H groups in total. The first-order valence-electron chi connectivity index (χ1n) is 6.76. The average molecular weight is 406 g/mol. The summed E-state index contributed by atoms with van der Waals surface area (Å²) in [6.45, 7) is 0. The fourth-order valence-corrected chi connectivity index (χ4v) is 3.93. The van der Waals surface area contributed by atoms with Crippen LogP contribution in [0.5, 0.6) is 0 Å². The number of benzene rings is 2. The molecule has 0 spiro atoms. The smallest absolute Gasteiger partial charge is 0.250 e. The Balaban J connectivity index is 1.50. The molecular weight excluding hydrogens is 394 g/mol. The number of nitrogens with one attached hydrogen (secondary N) is 1. The first-order valence-corrected chi connectivity index (χ1v) is 9.36. The molecule has 3 rings (SSSR count). The molecule has 23 heavy (non-hydrogen) atoms. The molecule has 4 nitrogen and oxygen atoms in total. The van der Waals surface area contributed by atoms with Crippen molar-refractivity contribution >= 4 is 61.4 Å². The lowest BCUT2D eigenvalue weighted by atomic mass is 10.2. The molecule has 0 aliphatic rings. The van der Waals surface area contributed by atoms with Gasteiger partial charge in [-0.15, -0.1) is 11.3 Å². The molecule has 1 aromatic heterocycles. The van der Waals surface area contributed by atoms with Crippen LogP contribution in [0.1, 0.15) is 5.56 Å². The minimum Gasteiger partial charge on any atom is -0.272 e. The zero-order valence-corrected chi connectivity index (χ0v) is 15.1. The maximum atomic E-state index is 11.8. The van der Waals surface area contributed by atoms with Crippen molar-refractivity contribution in [3.05, 3.63) is 58.6 Å². The third kappa shape index (κ3) is 4.63. The van der Waals surface area contributed by atoms with Crippen molar-refractivity contribution in [2.75, 3.05) is 5.75 Å². The highest BCUT2D eigenvalue weighted by molar-refractivity contribution is 9.10. The second kappa shape index (κ2) is 7.72. The summed E-state index contributed by atoms with van der Waals surface area (Å²) in [6, 6.07) is 15.6. The van der Waals surface area contributed by atoms with Gasteiger partial charge in [-0.2, -0.15) is 5.10 Å². The SMILES string of the molecule is O=C(CSc1nc2ccccc2s1)N/N=C/c1ccc(Br)cc1. The van der Waals surface area contributed by atoms with Gasteiger partial charge >= 0.3 is 0 Å². The number of thioether (sulfide) groups is 1. The van der Waals surface area contributed by atoms with E-state index in [-0.39, 0.29) is 11.7 Å². The Morgan fingerprint density at radius 1 is 1.26 bits per heavy atom. The Morgan fingerprint density at radius 2 is 2.04 bits per heavy atom. The van der Waals surface area contributed by atoms with E-state index < -0.39 is 0 Å². The number of nitrogens with zero attached hydrogens (tertiary/aromatic N) is 2. The van der Waals surface area contributed by atoms with Crippen LogP contribution in [0, 0.1) is 0 Å². The number of hydrogen-bond donors (Lipinski definition) is 1. The van der Waals surface area contributed by atoms with Gasteiger partial charge in [-0.3, -0.25) is 4.79 Å². The normalized spacial score (nSPS) is 11.2. The highest BCUT2D eigenvalue weighted by Gasteiger charge is 2.06. The molecular formula is C16H12BrN3OS2. The van der Waals surface area contributed by atoms with Crippen LogP contribution in [0.15, 0.2) is 62.4 Å². The van der Waals surface area contributed by atoms with Gasteiger partial charge in [-0.25, -0.2) is 10.4 Å². The molecule has 116 valence electrons. The Morgan fingerprint density at radius 3 is 2.83 bits per heavy atom. The van der Waals surface area contributed by atoms with Crippen LogP contribution in [0.25, 0.3) is 10.2 Å². The molecule has 1 amide bonds. The minimum atomic E-state index is -0.150. The van der Waals surface area contributed by atoms with E-state index in [2.05, 4.69) is 31.4 Å². The van der Waals surface area contributed by atoms with Gasteiger partial charge in [0, 0.05) is 4.47 Å². The zero-order valence-electron chi connectivity index (χ0n) is 11.9. The van der Waals surface area contributed by atoms with Crippen LogP contribution >= 0.6 is 39.0 Å². The van der Waals surface area contributed by atoms with Crippen molar-refractivity contribution in [3.63, 3.8) is 0 Å². The van der Waals surface area contributed by atoms with Gasteiger partial charge in [0.05, 0.1) is 22.2 Å². The van der Waals surface area contributed by atoms with Gasteiger partial charge in [-0.05, 0) is 29.8 Å². The van der Waals surface area contributed by atoms with Gasteiger partial charge in [0.2, 0.25) is 0 Å². The van der Waals surface area contributed by atoms with Crippen LogP contribution < -0.4 is 5.43 Å². The number of rotatable bonds is 5. The van der Waals surface area contributed by atoms with Gasteiger partial charge in [0.15, 0.2) is 4.34 Å². The van der Waals surface area contributed by atoms with Crippen molar-refractivity contribution in [2.45, 2.75) is 4.34 Å².